The summed E-state index contributed by atoms with van der Waals surface area (Å²) in [6.07, 6.45) is 1.03. The van der Waals surface area contributed by atoms with E-state index in [4.69, 9.17) is 4.74 Å². The summed E-state index contributed by atoms with van der Waals surface area (Å²) in [4.78, 5) is 11.7. The Bertz CT molecular complexity index is 210. The van der Waals surface area contributed by atoms with Gasteiger partial charge in [0.15, 0.2) is 0 Å². The van der Waals surface area contributed by atoms with E-state index in [0.29, 0.717) is 17.8 Å². The third kappa shape index (κ3) is 7.66. The maximum Gasteiger partial charge on any atom is 0.323 e. The summed E-state index contributed by atoms with van der Waals surface area (Å²) in [5.41, 5.74) is 0. The van der Waals surface area contributed by atoms with Crippen molar-refractivity contribution in [3.05, 3.63) is 0 Å². The first-order valence-electron chi connectivity index (χ1n) is 6.54. The lowest BCUT2D eigenvalue weighted by molar-refractivity contribution is -0.144. The van der Waals surface area contributed by atoms with Gasteiger partial charge in [0.1, 0.15) is 6.04 Å². The van der Waals surface area contributed by atoms with Gasteiger partial charge in [0.25, 0.3) is 0 Å². The largest absolute Gasteiger partial charge is 0.465 e. The summed E-state index contributed by atoms with van der Waals surface area (Å²) in [7, 11) is 0. The van der Waals surface area contributed by atoms with E-state index in [-0.39, 0.29) is 12.0 Å². The minimum Gasteiger partial charge on any atom is -0.465 e. The van der Waals surface area contributed by atoms with Gasteiger partial charge in [-0.15, -0.1) is 0 Å². The maximum atomic E-state index is 11.7. The van der Waals surface area contributed by atoms with Crippen LogP contribution in [0.5, 0.6) is 0 Å². The van der Waals surface area contributed by atoms with Gasteiger partial charge >= 0.3 is 5.97 Å². The van der Waals surface area contributed by atoms with Gasteiger partial charge in [0, 0.05) is 11.0 Å². The highest BCUT2D eigenvalue weighted by molar-refractivity contribution is 7.99. The van der Waals surface area contributed by atoms with E-state index < -0.39 is 0 Å². The molecule has 0 heterocycles. The Labute approximate surface area is 110 Å². The van der Waals surface area contributed by atoms with Crippen molar-refractivity contribution in [1.82, 2.24) is 5.32 Å². The van der Waals surface area contributed by atoms with Gasteiger partial charge in [-0.25, -0.2) is 0 Å². The second kappa shape index (κ2) is 9.77. The predicted octanol–water partition coefficient (Wildman–Crippen LogP) is 2.70. The van der Waals surface area contributed by atoms with Crippen molar-refractivity contribution in [3.8, 4) is 0 Å². The van der Waals surface area contributed by atoms with Crippen molar-refractivity contribution in [1.29, 1.82) is 0 Å². The average molecular weight is 261 g/mol. The Balaban J connectivity index is 4.13. The predicted molar refractivity (Wildman–Crippen MR) is 75.5 cm³/mol. The monoisotopic (exact) mass is 261 g/mol. The number of rotatable bonds is 9. The number of nitrogens with one attached hydrogen (secondary N) is 1. The zero-order chi connectivity index (χ0) is 13.3. The molecule has 0 aromatic heterocycles. The van der Waals surface area contributed by atoms with E-state index >= 15 is 0 Å². The van der Waals surface area contributed by atoms with Crippen LogP contribution < -0.4 is 5.32 Å². The highest BCUT2D eigenvalue weighted by Gasteiger charge is 2.20. The number of hydrogen-bond acceptors (Lipinski definition) is 4. The van der Waals surface area contributed by atoms with Crippen LogP contribution >= 0.6 is 11.8 Å². The lowest BCUT2D eigenvalue weighted by atomic mass is 10.2. The van der Waals surface area contributed by atoms with Gasteiger partial charge in [-0.05, 0) is 25.8 Å². The Kier molecular flexibility index (Phi) is 9.65. The molecule has 4 heteroatoms. The van der Waals surface area contributed by atoms with Crippen molar-refractivity contribution in [3.63, 3.8) is 0 Å². The van der Waals surface area contributed by atoms with Crippen LogP contribution in [0.25, 0.3) is 0 Å². The Morgan fingerprint density at radius 3 is 2.41 bits per heavy atom. The molecule has 17 heavy (non-hydrogen) atoms. The van der Waals surface area contributed by atoms with Crippen LogP contribution in [0.4, 0.5) is 0 Å². The van der Waals surface area contributed by atoms with Crippen molar-refractivity contribution in [2.75, 3.05) is 18.9 Å². The first-order chi connectivity index (χ1) is 8.02. The molecule has 0 rings (SSSR count). The van der Waals surface area contributed by atoms with Crippen molar-refractivity contribution >= 4 is 17.7 Å². The topological polar surface area (TPSA) is 38.3 Å². The molecule has 3 nitrogen and oxygen atoms in total. The summed E-state index contributed by atoms with van der Waals surface area (Å²) in [5.74, 6) is 1.30. The number of hydrogen-bond donors (Lipinski definition) is 1. The molecule has 0 aromatic carbocycles. The van der Waals surface area contributed by atoms with Crippen molar-refractivity contribution in [2.24, 2.45) is 5.92 Å². The number of esters is 1. The second-order valence-corrected chi connectivity index (χ2v) is 5.95. The Morgan fingerprint density at radius 2 is 1.94 bits per heavy atom. The van der Waals surface area contributed by atoms with Gasteiger partial charge in [-0.3, -0.25) is 4.79 Å². The van der Waals surface area contributed by atoms with Gasteiger partial charge < -0.3 is 10.1 Å². The molecule has 0 radical (unpaired) electrons. The molecule has 2 unspecified atom stereocenters. The minimum absolute atomic E-state index is 0.121. The highest BCUT2D eigenvalue weighted by atomic mass is 32.2. The lowest BCUT2D eigenvalue weighted by Gasteiger charge is -2.20. The standard InChI is InChI=1S/C13H27NO2S/c1-6-8-14-12(13(15)16-7-2)9-17-11(5)10(3)4/h10-12,14H,6-9H2,1-5H3. The average Bonchev–Trinajstić information content (AvgIpc) is 2.28. The molecule has 0 amide bonds. The lowest BCUT2D eigenvalue weighted by Crippen LogP contribution is -2.41. The van der Waals surface area contributed by atoms with E-state index in [2.05, 4.69) is 33.0 Å². The van der Waals surface area contributed by atoms with Gasteiger partial charge in [-0.2, -0.15) is 11.8 Å². The van der Waals surface area contributed by atoms with E-state index in [9.17, 15) is 4.79 Å². The molecule has 0 saturated heterocycles. The number of carbonyl (C=O) groups is 1. The molecule has 0 bridgehead atoms. The molecule has 0 aliphatic rings. The Hall–Kier alpha value is -0.220. The molecule has 0 aliphatic carbocycles. The molecular formula is C13H27NO2S. The fraction of sp³-hybridized carbons (Fsp3) is 0.923. The molecule has 2 atom stereocenters. The van der Waals surface area contributed by atoms with Crippen LogP contribution in [0.2, 0.25) is 0 Å². The number of carbonyl (C=O) groups excluding carboxylic acids is 1. The SMILES string of the molecule is CCCNC(CSC(C)C(C)C)C(=O)OCC. The van der Waals surface area contributed by atoms with Crippen LogP contribution in [0.1, 0.15) is 41.0 Å². The Morgan fingerprint density at radius 1 is 1.29 bits per heavy atom. The van der Waals surface area contributed by atoms with E-state index in [1.54, 1.807) is 0 Å². The summed E-state index contributed by atoms with van der Waals surface area (Å²) in [6.45, 7) is 11.9. The fourth-order valence-electron chi connectivity index (χ4n) is 1.21. The number of ether oxygens (including phenoxy) is 1. The maximum absolute atomic E-state index is 11.7. The third-order valence-electron chi connectivity index (χ3n) is 2.68. The molecule has 0 fully saturated rings. The summed E-state index contributed by atoms with van der Waals surface area (Å²) >= 11 is 1.83. The minimum atomic E-state index is -0.166. The zero-order valence-electron chi connectivity index (χ0n) is 11.8. The van der Waals surface area contributed by atoms with Crippen molar-refractivity contribution < 1.29 is 9.53 Å². The number of thioether (sulfide) groups is 1. The molecule has 1 N–H and O–H groups in total. The molecule has 102 valence electrons. The summed E-state index contributed by atoms with van der Waals surface area (Å²) in [5, 5.41) is 3.82. The van der Waals surface area contributed by atoms with Crippen LogP contribution in [0.15, 0.2) is 0 Å². The molecule has 0 aliphatic heterocycles. The zero-order valence-corrected chi connectivity index (χ0v) is 12.6. The van der Waals surface area contributed by atoms with Crippen LogP contribution in [0, 0.1) is 5.92 Å². The van der Waals surface area contributed by atoms with E-state index in [1.165, 1.54) is 0 Å². The van der Waals surface area contributed by atoms with Gasteiger partial charge in [0.2, 0.25) is 0 Å². The normalized spacial score (nSPS) is 14.7. The van der Waals surface area contributed by atoms with Gasteiger partial charge in [0.05, 0.1) is 6.61 Å². The second-order valence-electron chi connectivity index (χ2n) is 4.54. The van der Waals surface area contributed by atoms with Crippen LogP contribution in [-0.4, -0.2) is 36.2 Å². The quantitative estimate of drug-likeness (QED) is 0.648. The molecule has 0 saturated carbocycles. The van der Waals surface area contributed by atoms with Crippen molar-refractivity contribution in [2.45, 2.75) is 52.3 Å². The van der Waals surface area contributed by atoms with Crippen LogP contribution in [-0.2, 0) is 9.53 Å². The molecule has 0 spiro atoms. The third-order valence-corrected chi connectivity index (χ3v) is 4.27. The summed E-state index contributed by atoms with van der Waals surface area (Å²) < 4.78 is 5.08. The van der Waals surface area contributed by atoms with Gasteiger partial charge in [-0.1, -0.05) is 27.7 Å². The fourth-order valence-corrected chi connectivity index (χ4v) is 2.35. The van der Waals surface area contributed by atoms with Crippen LogP contribution in [0.3, 0.4) is 0 Å². The molecule has 0 aromatic rings. The molecular weight excluding hydrogens is 234 g/mol. The van der Waals surface area contributed by atoms with E-state index in [0.717, 1.165) is 18.7 Å². The smallest absolute Gasteiger partial charge is 0.323 e. The first-order valence-corrected chi connectivity index (χ1v) is 7.59. The highest BCUT2D eigenvalue weighted by Crippen LogP contribution is 2.19. The summed E-state index contributed by atoms with van der Waals surface area (Å²) in [6, 6.07) is -0.166. The first kappa shape index (κ1) is 16.8. The van der Waals surface area contributed by atoms with E-state index in [1.807, 2.05) is 18.7 Å².